The van der Waals surface area contributed by atoms with Crippen molar-refractivity contribution < 1.29 is 9.90 Å². The molecule has 0 aromatic rings. The van der Waals surface area contributed by atoms with Crippen molar-refractivity contribution in [1.82, 2.24) is 10.2 Å². The molecule has 0 spiro atoms. The fourth-order valence-electron chi connectivity index (χ4n) is 2.47. The van der Waals surface area contributed by atoms with E-state index >= 15 is 0 Å². The van der Waals surface area contributed by atoms with E-state index in [1.807, 2.05) is 18.7 Å². The van der Waals surface area contributed by atoms with Crippen molar-refractivity contribution in [2.75, 3.05) is 13.1 Å². The van der Waals surface area contributed by atoms with E-state index in [1.54, 1.807) is 0 Å². The summed E-state index contributed by atoms with van der Waals surface area (Å²) in [5, 5.41) is 13.6. The number of amides is 1. The summed E-state index contributed by atoms with van der Waals surface area (Å²) in [6, 6.07) is 0.107. The Kier molecular flexibility index (Phi) is 9.86. The zero-order valence-electron chi connectivity index (χ0n) is 14.1. The second kappa shape index (κ2) is 10.2. The maximum absolute atomic E-state index is 12.3. The van der Waals surface area contributed by atoms with E-state index in [-0.39, 0.29) is 17.9 Å². The second-order valence-corrected chi connectivity index (χ2v) is 6.35. The molecule has 2 atom stereocenters. The van der Waals surface area contributed by atoms with E-state index < -0.39 is 6.23 Å². The fraction of sp³-hybridized carbons (Fsp3) is 0.938. The van der Waals surface area contributed by atoms with Crippen LogP contribution in [0, 0.1) is 11.8 Å². The molecule has 0 radical (unpaired) electrons. The standard InChI is InChI=1S/C16H34N2O2/c1-7-9-18(10-8-2)16(20)14(11-12(3)4)15(19)17-13(5)6/h12-14,16,20H,7-11H2,1-6H3,(H,17,19). The number of rotatable bonds is 10. The largest absolute Gasteiger partial charge is 0.378 e. The quantitative estimate of drug-likeness (QED) is 0.607. The lowest BCUT2D eigenvalue weighted by Crippen LogP contribution is -2.49. The third-order valence-corrected chi connectivity index (χ3v) is 3.25. The van der Waals surface area contributed by atoms with Crippen molar-refractivity contribution in [2.45, 2.75) is 73.1 Å². The van der Waals surface area contributed by atoms with Crippen LogP contribution in [0.3, 0.4) is 0 Å². The highest BCUT2D eigenvalue weighted by Crippen LogP contribution is 2.20. The van der Waals surface area contributed by atoms with E-state index in [9.17, 15) is 9.90 Å². The predicted molar refractivity (Wildman–Crippen MR) is 84.4 cm³/mol. The van der Waals surface area contributed by atoms with Crippen LogP contribution in [0.4, 0.5) is 0 Å². The molecule has 0 rings (SSSR count). The van der Waals surface area contributed by atoms with Crippen molar-refractivity contribution >= 4 is 5.91 Å². The van der Waals surface area contributed by atoms with Crippen LogP contribution in [0.5, 0.6) is 0 Å². The van der Waals surface area contributed by atoms with Gasteiger partial charge in [0.1, 0.15) is 6.23 Å². The van der Waals surface area contributed by atoms with Crippen LogP contribution < -0.4 is 5.32 Å². The van der Waals surface area contributed by atoms with Gasteiger partial charge in [0, 0.05) is 19.1 Å². The molecule has 0 aliphatic heterocycles. The predicted octanol–water partition coefficient (Wildman–Crippen LogP) is 2.61. The Morgan fingerprint density at radius 1 is 1.10 bits per heavy atom. The number of aliphatic hydroxyl groups excluding tert-OH is 1. The van der Waals surface area contributed by atoms with Gasteiger partial charge in [0.05, 0.1) is 5.92 Å². The van der Waals surface area contributed by atoms with E-state index in [0.29, 0.717) is 12.3 Å². The topological polar surface area (TPSA) is 52.6 Å². The number of nitrogens with one attached hydrogen (secondary N) is 1. The van der Waals surface area contributed by atoms with Crippen LogP contribution in [0.15, 0.2) is 0 Å². The number of hydrogen-bond donors (Lipinski definition) is 2. The van der Waals surface area contributed by atoms with Gasteiger partial charge in [0.2, 0.25) is 5.91 Å². The van der Waals surface area contributed by atoms with E-state index in [0.717, 1.165) is 25.9 Å². The summed E-state index contributed by atoms with van der Waals surface area (Å²) in [4.78, 5) is 14.4. The molecule has 1 amide bonds. The van der Waals surface area contributed by atoms with Gasteiger partial charge in [-0.2, -0.15) is 0 Å². The maximum atomic E-state index is 12.3. The monoisotopic (exact) mass is 286 g/mol. The Balaban J connectivity index is 4.92. The minimum atomic E-state index is -0.684. The highest BCUT2D eigenvalue weighted by atomic mass is 16.3. The molecule has 0 aliphatic carbocycles. The first-order chi connectivity index (χ1) is 9.33. The second-order valence-electron chi connectivity index (χ2n) is 6.35. The third-order valence-electron chi connectivity index (χ3n) is 3.25. The van der Waals surface area contributed by atoms with Crippen molar-refractivity contribution in [1.29, 1.82) is 0 Å². The van der Waals surface area contributed by atoms with Crippen LogP contribution in [0.25, 0.3) is 0 Å². The summed E-state index contributed by atoms with van der Waals surface area (Å²) in [5.41, 5.74) is 0. The van der Waals surface area contributed by atoms with Crippen LogP contribution in [-0.2, 0) is 4.79 Å². The summed E-state index contributed by atoms with van der Waals surface area (Å²) in [6.45, 7) is 13.9. The first-order valence-electron chi connectivity index (χ1n) is 8.05. The third kappa shape index (κ3) is 7.25. The zero-order chi connectivity index (χ0) is 15.7. The number of carbonyl (C=O) groups excluding carboxylic acids is 1. The highest BCUT2D eigenvalue weighted by Gasteiger charge is 2.31. The molecule has 0 heterocycles. The van der Waals surface area contributed by atoms with Crippen LogP contribution in [0.1, 0.15) is 60.8 Å². The SMILES string of the molecule is CCCN(CCC)C(O)C(CC(C)C)C(=O)NC(C)C. The molecule has 2 N–H and O–H groups in total. The fourth-order valence-corrected chi connectivity index (χ4v) is 2.47. The molecule has 0 saturated heterocycles. The lowest BCUT2D eigenvalue weighted by atomic mass is 9.93. The Labute approximate surface area is 124 Å². The molecule has 0 aromatic heterocycles. The summed E-state index contributed by atoms with van der Waals surface area (Å²) in [5.74, 6) is 0.00608. The molecule has 4 nitrogen and oxygen atoms in total. The van der Waals surface area contributed by atoms with Gasteiger partial charge in [0.15, 0.2) is 0 Å². The van der Waals surface area contributed by atoms with Crippen LogP contribution in [-0.4, -0.2) is 41.3 Å². The number of hydrogen-bond acceptors (Lipinski definition) is 3. The van der Waals surface area contributed by atoms with Gasteiger partial charge in [-0.05, 0) is 39.0 Å². The molecule has 0 aromatic carbocycles. The van der Waals surface area contributed by atoms with Gasteiger partial charge in [-0.3, -0.25) is 9.69 Å². The van der Waals surface area contributed by atoms with Gasteiger partial charge in [-0.15, -0.1) is 0 Å². The molecule has 20 heavy (non-hydrogen) atoms. The normalized spacial score (nSPS) is 14.9. The Hall–Kier alpha value is -0.610. The molecular formula is C16H34N2O2. The molecule has 0 fully saturated rings. The molecule has 0 saturated carbocycles. The molecule has 4 heteroatoms. The Bertz CT molecular complexity index is 261. The van der Waals surface area contributed by atoms with Crippen LogP contribution >= 0.6 is 0 Å². The molecular weight excluding hydrogens is 252 g/mol. The van der Waals surface area contributed by atoms with E-state index in [4.69, 9.17) is 0 Å². The summed E-state index contributed by atoms with van der Waals surface area (Å²) >= 11 is 0. The lowest BCUT2D eigenvalue weighted by Gasteiger charge is -2.33. The first kappa shape index (κ1) is 19.4. The number of nitrogens with zero attached hydrogens (tertiary/aromatic N) is 1. The van der Waals surface area contributed by atoms with Gasteiger partial charge in [0.25, 0.3) is 0 Å². The molecule has 0 aliphatic rings. The smallest absolute Gasteiger partial charge is 0.227 e. The number of aliphatic hydroxyl groups is 1. The summed E-state index contributed by atoms with van der Waals surface area (Å²) < 4.78 is 0. The van der Waals surface area contributed by atoms with Crippen LogP contribution in [0.2, 0.25) is 0 Å². The van der Waals surface area contributed by atoms with Gasteiger partial charge in [-0.1, -0.05) is 27.7 Å². The average molecular weight is 286 g/mol. The highest BCUT2D eigenvalue weighted by molar-refractivity contribution is 5.79. The van der Waals surface area contributed by atoms with Crippen molar-refractivity contribution in [3.63, 3.8) is 0 Å². The van der Waals surface area contributed by atoms with Crippen molar-refractivity contribution in [3.8, 4) is 0 Å². The van der Waals surface area contributed by atoms with Gasteiger partial charge < -0.3 is 10.4 Å². The maximum Gasteiger partial charge on any atom is 0.227 e. The average Bonchev–Trinajstić information content (AvgIpc) is 2.33. The van der Waals surface area contributed by atoms with E-state index in [2.05, 4.69) is 33.0 Å². The minimum Gasteiger partial charge on any atom is -0.378 e. The van der Waals surface area contributed by atoms with E-state index in [1.165, 1.54) is 0 Å². The van der Waals surface area contributed by atoms with Crippen molar-refractivity contribution in [3.05, 3.63) is 0 Å². The van der Waals surface area contributed by atoms with Gasteiger partial charge in [-0.25, -0.2) is 0 Å². The van der Waals surface area contributed by atoms with Crippen molar-refractivity contribution in [2.24, 2.45) is 11.8 Å². The first-order valence-corrected chi connectivity index (χ1v) is 8.05. The molecule has 2 unspecified atom stereocenters. The Morgan fingerprint density at radius 2 is 1.60 bits per heavy atom. The zero-order valence-corrected chi connectivity index (χ0v) is 14.1. The lowest BCUT2D eigenvalue weighted by molar-refractivity contribution is -0.136. The number of carbonyl (C=O) groups is 1. The summed E-state index contributed by atoms with van der Waals surface area (Å²) in [7, 11) is 0. The summed E-state index contributed by atoms with van der Waals surface area (Å²) in [6.07, 6.45) is 1.99. The molecule has 0 bridgehead atoms. The minimum absolute atomic E-state index is 0.0293. The Morgan fingerprint density at radius 3 is 1.95 bits per heavy atom. The molecule has 120 valence electrons. The van der Waals surface area contributed by atoms with Gasteiger partial charge >= 0.3 is 0 Å².